The highest BCUT2D eigenvalue weighted by Gasteiger charge is 2.54. The fourth-order valence-electron chi connectivity index (χ4n) is 2.89. The van der Waals surface area contributed by atoms with Gasteiger partial charge < -0.3 is 18.9 Å². The summed E-state index contributed by atoms with van der Waals surface area (Å²) < 4.78 is 23.8. The number of fused-ring (bicyclic) bond motifs is 1. The Kier molecular flexibility index (Phi) is 5.59. The summed E-state index contributed by atoms with van der Waals surface area (Å²) >= 11 is 1.18. The highest BCUT2D eigenvalue weighted by Crippen LogP contribution is 2.39. The van der Waals surface area contributed by atoms with Crippen molar-refractivity contribution in [1.29, 1.82) is 5.26 Å². The van der Waals surface area contributed by atoms with Gasteiger partial charge in [-0.15, -0.1) is 0 Å². The predicted octanol–water partition coefficient (Wildman–Crippen LogP) is 3.22. The third-order valence-electron chi connectivity index (χ3n) is 3.88. The fourth-order valence-corrected chi connectivity index (χ4v) is 3.17. The Balaban J connectivity index is 1.67. The van der Waals surface area contributed by atoms with Crippen molar-refractivity contribution in [1.82, 2.24) is 0 Å². The van der Waals surface area contributed by atoms with Gasteiger partial charge in [0.2, 0.25) is 0 Å². The van der Waals surface area contributed by atoms with Gasteiger partial charge in [-0.2, -0.15) is 5.26 Å². The highest BCUT2D eigenvalue weighted by molar-refractivity contribution is 8.03. The summed E-state index contributed by atoms with van der Waals surface area (Å²) in [6.45, 7) is 4.23. The second-order valence-corrected chi connectivity index (χ2v) is 6.97. The van der Waals surface area contributed by atoms with Crippen LogP contribution in [-0.2, 0) is 25.6 Å². The molecule has 24 heavy (non-hydrogen) atoms. The lowest BCUT2D eigenvalue weighted by atomic mass is 10.1. The average molecular weight is 347 g/mol. The van der Waals surface area contributed by atoms with Gasteiger partial charge in [0.25, 0.3) is 0 Å². The molecule has 2 heterocycles. The van der Waals surface area contributed by atoms with Gasteiger partial charge in [0.05, 0.1) is 6.61 Å². The van der Waals surface area contributed by atoms with Crippen molar-refractivity contribution in [2.75, 3.05) is 5.75 Å². The van der Waals surface area contributed by atoms with Crippen molar-refractivity contribution in [2.45, 2.75) is 50.8 Å². The third-order valence-corrected chi connectivity index (χ3v) is 4.37. The van der Waals surface area contributed by atoms with E-state index in [1.807, 2.05) is 61.7 Å². The van der Waals surface area contributed by atoms with Crippen LogP contribution in [0.5, 0.6) is 0 Å². The lowest BCUT2D eigenvalue weighted by molar-refractivity contribution is -0.213. The predicted molar refractivity (Wildman–Crippen MR) is 90.9 cm³/mol. The minimum atomic E-state index is -0.672. The van der Waals surface area contributed by atoms with Crippen LogP contribution in [-0.4, -0.2) is 36.1 Å². The Morgan fingerprint density at radius 2 is 2.08 bits per heavy atom. The number of hydrogen-bond acceptors (Lipinski definition) is 6. The molecule has 5 nitrogen and oxygen atoms in total. The van der Waals surface area contributed by atoms with E-state index in [9.17, 15) is 0 Å². The molecule has 2 fully saturated rings. The topological polar surface area (TPSA) is 60.7 Å². The van der Waals surface area contributed by atoms with Crippen molar-refractivity contribution < 1.29 is 18.9 Å². The second kappa shape index (κ2) is 7.68. The summed E-state index contributed by atoms with van der Waals surface area (Å²) in [5.41, 5.74) is 1.10. The minimum absolute atomic E-state index is 0.250. The molecule has 0 bridgehead atoms. The zero-order valence-corrected chi connectivity index (χ0v) is 14.6. The van der Waals surface area contributed by atoms with Crippen molar-refractivity contribution in [3.05, 3.63) is 48.0 Å². The molecule has 3 rings (SSSR count). The molecule has 1 aromatic carbocycles. The van der Waals surface area contributed by atoms with Crippen LogP contribution in [0.1, 0.15) is 19.4 Å². The van der Waals surface area contributed by atoms with Crippen LogP contribution >= 0.6 is 11.8 Å². The number of hydrogen-bond donors (Lipinski definition) is 0. The number of benzene rings is 1. The maximum absolute atomic E-state index is 8.59. The van der Waals surface area contributed by atoms with Gasteiger partial charge in [-0.05, 0) is 31.2 Å². The molecule has 0 saturated carbocycles. The first-order valence-corrected chi connectivity index (χ1v) is 8.92. The lowest BCUT2D eigenvalue weighted by Crippen LogP contribution is -2.36. The first-order valence-electron chi connectivity index (χ1n) is 7.93. The largest absolute Gasteiger partial charge is 0.368 e. The van der Waals surface area contributed by atoms with Crippen LogP contribution in [0.3, 0.4) is 0 Å². The van der Waals surface area contributed by atoms with E-state index in [0.717, 1.165) is 5.56 Å². The molecule has 0 N–H and O–H groups in total. The van der Waals surface area contributed by atoms with Crippen molar-refractivity contribution in [2.24, 2.45) is 0 Å². The molecule has 0 aromatic heterocycles. The van der Waals surface area contributed by atoms with E-state index in [2.05, 4.69) is 0 Å². The number of thioether (sulfide) groups is 1. The molecule has 2 aliphatic rings. The van der Waals surface area contributed by atoms with Crippen LogP contribution < -0.4 is 0 Å². The number of nitrogens with zero attached hydrogens (tertiary/aromatic N) is 1. The van der Waals surface area contributed by atoms with Crippen LogP contribution in [0, 0.1) is 10.7 Å². The van der Waals surface area contributed by atoms with Crippen molar-refractivity contribution >= 4 is 11.8 Å². The van der Waals surface area contributed by atoms with E-state index in [0.29, 0.717) is 12.4 Å². The zero-order valence-electron chi connectivity index (χ0n) is 13.8. The molecule has 2 aliphatic heterocycles. The van der Waals surface area contributed by atoms with Gasteiger partial charge in [0, 0.05) is 5.75 Å². The molecule has 128 valence electrons. The molecule has 6 heteroatoms. The third kappa shape index (κ3) is 4.18. The monoisotopic (exact) mass is 347 g/mol. The molecular formula is C18H21NO4S. The quantitative estimate of drug-likeness (QED) is 0.447. The standard InChI is InChI=1S/C18H21NO4S/c1-18(2)22-16-15(20-11-13-7-4-3-5-8-13)14(21-17(16)23-18)9-6-10-24-12-19/h3-9,14-17H,10-11H2,1-2H3/b9-6+/t14-,15+,16-,17-/m1/s1. The fraction of sp³-hybridized carbons (Fsp3) is 0.500. The summed E-state index contributed by atoms with van der Waals surface area (Å²) in [5.74, 6) is -0.0562. The SMILES string of the molecule is CC1(C)O[C@H]2O[C@H](/C=C/CSC#N)[C@H](OCc3ccccc3)[C@H]2O1. The molecular weight excluding hydrogens is 326 g/mol. The summed E-state index contributed by atoms with van der Waals surface area (Å²) in [6.07, 6.45) is 2.65. The molecule has 0 aliphatic carbocycles. The Bertz CT molecular complexity index is 613. The van der Waals surface area contributed by atoms with Gasteiger partial charge in [-0.1, -0.05) is 42.5 Å². The minimum Gasteiger partial charge on any atom is -0.368 e. The lowest BCUT2D eigenvalue weighted by Gasteiger charge is -2.24. The van der Waals surface area contributed by atoms with Crippen molar-refractivity contribution in [3.63, 3.8) is 0 Å². The summed E-state index contributed by atoms with van der Waals surface area (Å²) in [6, 6.07) is 10.0. The highest BCUT2D eigenvalue weighted by atomic mass is 32.2. The van der Waals surface area contributed by atoms with Gasteiger partial charge in [-0.25, -0.2) is 0 Å². The van der Waals surface area contributed by atoms with E-state index in [-0.39, 0.29) is 18.3 Å². The van der Waals surface area contributed by atoms with Crippen LogP contribution in [0.2, 0.25) is 0 Å². The maximum atomic E-state index is 8.59. The Labute approximate surface area is 146 Å². The molecule has 0 radical (unpaired) electrons. The van der Waals surface area contributed by atoms with Gasteiger partial charge in [0.15, 0.2) is 12.1 Å². The molecule has 1 aromatic rings. The first kappa shape index (κ1) is 17.5. The summed E-state index contributed by atoms with van der Waals surface area (Å²) in [7, 11) is 0. The number of ether oxygens (including phenoxy) is 4. The Hall–Kier alpha value is -1.36. The smallest absolute Gasteiger partial charge is 0.190 e. The van der Waals surface area contributed by atoms with Crippen LogP contribution in [0.25, 0.3) is 0 Å². The van der Waals surface area contributed by atoms with Crippen molar-refractivity contribution in [3.8, 4) is 5.40 Å². The normalized spacial score (nSPS) is 31.2. The van der Waals surface area contributed by atoms with Crippen LogP contribution in [0.4, 0.5) is 0 Å². The van der Waals surface area contributed by atoms with Gasteiger partial charge in [0.1, 0.15) is 23.7 Å². The van der Waals surface area contributed by atoms with E-state index in [1.54, 1.807) is 0 Å². The van der Waals surface area contributed by atoms with E-state index in [4.69, 9.17) is 24.2 Å². The molecule has 4 atom stereocenters. The molecule has 0 unspecified atom stereocenters. The summed E-state index contributed by atoms with van der Waals surface area (Å²) in [4.78, 5) is 0. The Morgan fingerprint density at radius 1 is 1.29 bits per heavy atom. The maximum Gasteiger partial charge on any atom is 0.190 e. The molecule has 0 spiro atoms. The van der Waals surface area contributed by atoms with Gasteiger partial charge in [-0.3, -0.25) is 0 Å². The number of nitriles is 1. The van der Waals surface area contributed by atoms with E-state index < -0.39 is 12.1 Å². The number of thiocyanates is 1. The summed E-state index contributed by atoms with van der Waals surface area (Å²) in [5, 5.41) is 10.6. The van der Waals surface area contributed by atoms with Crippen LogP contribution in [0.15, 0.2) is 42.5 Å². The molecule has 2 saturated heterocycles. The zero-order chi connectivity index (χ0) is 17.0. The average Bonchev–Trinajstić information content (AvgIpc) is 3.02. The number of rotatable bonds is 6. The first-order chi connectivity index (χ1) is 11.6. The van der Waals surface area contributed by atoms with Gasteiger partial charge >= 0.3 is 0 Å². The molecule has 0 amide bonds. The Morgan fingerprint density at radius 3 is 2.83 bits per heavy atom. The van der Waals surface area contributed by atoms with E-state index >= 15 is 0 Å². The van der Waals surface area contributed by atoms with E-state index in [1.165, 1.54) is 11.8 Å². The second-order valence-electron chi connectivity index (χ2n) is 6.16.